The Morgan fingerprint density at radius 1 is 1.25 bits per heavy atom. The zero-order valence-electron chi connectivity index (χ0n) is 11.7. The summed E-state index contributed by atoms with van der Waals surface area (Å²) < 4.78 is 10.1. The van der Waals surface area contributed by atoms with E-state index in [9.17, 15) is 4.79 Å². The van der Waals surface area contributed by atoms with Crippen LogP contribution in [0.5, 0.6) is 0 Å². The van der Waals surface area contributed by atoms with Crippen molar-refractivity contribution in [1.82, 2.24) is 0 Å². The van der Waals surface area contributed by atoms with E-state index in [1.54, 1.807) is 13.0 Å². The highest BCUT2D eigenvalue weighted by Gasteiger charge is 2.25. The number of esters is 1. The molecular weight excluding hydrogens is 252 g/mol. The van der Waals surface area contributed by atoms with Gasteiger partial charge in [0.25, 0.3) is 0 Å². The topological polar surface area (TPSA) is 35.5 Å². The van der Waals surface area contributed by atoms with Crippen LogP contribution in [0.2, 0.25) is 0 Å². The first-order valence-electron chi connectivity index (χ1n) is 7.01. The van der Waals surface area contributed by atoms with Crippen molar-refractivity contribution in [3.63, 3.8) is 0 Å². The van der Waals surface area contributed by atoms with Gasteiger partial charge in [-0.2, -0.15) is 0 Å². The largest absolute Gasteiger partial charge is 0.463 e. The predicted octanol–water partition coefficient (Wildman–Crippen LogP) is 3.37. The van der Waals surface area contributed by atoms with Crippen molar-refractivity contribution < 1.29 is 14.3 Å². The van der Waals surface area contributed by atoms with Crippen LogP contribution in [-0.4, -0.2) is 24.8 Å². The summed E-state index contributed by atoms with van der Waals surface area (Å²) in [6.45, 7) is 2.20. The summed E-state index contributed by atoms with van der Waals surface area (Å²) in [6, 6.07) is 9.63. The van der Waals surface area contributed by atoms with Gasteiger partial charge < -0.3 is 9.47 Å². The molecule has 20 heavy (non-hydrogen) atoms. The first kappa shape index (κ1) is 14.5. The van der Waals surface area contributed by atoms with Gasteiger partial charge in [0.05, 0.1) is 18.8 Å². The van der Waals surface area contributed by atoms with Crippen LogP contribution in [0.1, 0.15) is 25.3 Å². The fourth-order valence-electron chi connectivity index (χ4n) is 2.14. The first-order chi connectivity index (χ1) is 9.78. The Hall–Kier alpha value is -1.87. The summed E-state index contributed by atoms with van der Waals surface area (Å²) in [5, 5.41) is 0. The number of ether oxygens (including phenoxy) is 2. The molecule has 2 heterocycles. The van der Waals surface area contributed by atoms with Crippen molar-refractivity contribution >= 4 is 12.0 Å². The number of hydrogen-bond acceptors (Lipinski definition) is 3. The number of hydrogen-bond donors (Lipinski definition) is 0. The van der Waals surface area contributed by atoms with Crippen LogP contribution in [0.15, 0.2) is 48.6 Å². The average molecular weight is 272 g/mol. The SMILES string of the molecule is C1=CC2CCC1O2.CCOC(=O)C=Cc1ccccc1. The minimum Gasteiger partial charge on any atom is -0.463 e. The Balaban J connectivity index is 0.000000173. The Labute approximate surface area is 119 Å². The van der Waals surface area contributed by atoms with Crippen LogP contribution >= 0.6 is 0 Å². The smallest absolute Gasteiger partial charge is 0.330 e. The zero-order chi connectivity index (χ0) is 14.2. The minimum absolute atomic E-state index is 0.300. The Bertz CT molecular complexity index is 464. The van der Waals surface area contributed by atoms with Gasteiger partial charge in [-0.3, -0.25) is 0 Å². The van der Waals surface area contributed by atoms with Crippen molar-refractivity contribution in [3.05, 3.63) is 54.1 Å². The molecule has 2 aliphatic heterocycles. The molecule has 0 spiro atoms. The highest BCUT2D eigenvalue weighted by Crippen LogP contribution is 2.27. The number of carbonyl (C=O) groups excluding carboxylic acids is 1. The van der Waals surface area contributed by atoms with Crippen molar-refractivity contribution in [2.45, 2.75) is 32.0 Å². The quantitative estimate of drug-likeness (QED) is 0.481. The van der Waals surface area contributed by atoms with E-state index < -0.39 is 0 Å². The highest BCUT2D eigenvalue weighted by molar-refractivity contribution is 5.86. The summed E-state index contributed by atoms with van der Waals surface area (Å²) in [5.41, 5.74) is 0.996. The Morgan fingerprint density at radius 3 is 2.35 bits per heavy atom. The van der Waals surface area contributed by atoms with E-state index in [0.29, 0.717) is 18.8 Å². The predicted molar refractivity (Wildman–Crippen MR) is 79.1 cm³/mol. The molecule has 1 aromatic carbocycles. The van der Waals surface area contributed by atoms with Crippen LogP contribution in [0.3, 0.4) is 0 Å². The summed E-state index contributed by atoms with van der Waals surface area (Å²) in [7, 11) is 0. The molecule has 106 valence electrons. The lowest BCUT2D eigenvalue weighted by molar-refractivity contribution is -0.137. The molecule has 2 unspecified atom stereocenters. The molecule has 2 aliphatic rings. The normalized spacial score (nSPS) is 22.6. The fourth-order valence-corrected chi connectivity index (χ4v) is 2.14. The van der Waals surface area contributed by atoms with E-state index in [1.165, 1.54) is 18.9 Å². The average Bonchev–Trinajstić information content (AvgIpc) is 3.12. The van der Waals surface area contributed by atoms with Crippen molar-refractivity contribution in [2.24, 2.45) is 0 Å². The van der Waals surface area contributed by atoms with E-state index in [2.05, 4.69) is 12.2 Å². The van der Waals surface area contributed by atoms with E-state index in [-0.39, 0.29) is 5.97 Å². The fraction of sp³-hybridized carbons (Fsp3) is 0.353. The van der Waals surface area contributed by atoms with Gasteiger partial charge in [0, 0.05) is 6.08 Å². The molecule has 3 nitrogen and oxygen atoms in total. The maximum absolute atomic E-state index is 10.9. The van der Waals surface area contributed by atoms with Crippen LogP contribution in [-0.2, 0) is 14.3 Å². The molecule has 0 N–H and O–H groups in total. The molecule has 1 fully saturated rings. The molecular formula is C17H20O3. The van der Waals surface area contributed by atoms with Crippen molar-refractivity contribution in [3.8, 4) is 0 Å². The van der Waals surface area contributed by atoms with Gasteiger partial charge in [-0.15, -0.1) is 0 Å². The molecule has 0 amide bonds. The molecule has 2 bridgehead atoms. The van der Waals surface area contributed by atoms with Crippen molar-refractivity contribution in [1.29, 1.82) is 0 Å². The number of carbonyl (C=O) groups is 1. The Morgan fingerprint density at radius 2 is 1.90 bits per heavy atom. The van der Waals surface area contributed by atoms with E-state index in [0.717, 1.165) is 5.56 Å². The van der Waals surface area contributed by atoms with E-state index in [4.69, 9.17) is 9.47 Å². The van der Waals surface area contributed by atoms with Gasteiger partial charge in [0.1, 0.15) is 0 Å². The second kappa shape index (κ2) is 7.65. The summed E-state index contributed by atoms with van der Waals surface area (Å²) in [6.07, 6.45) is 11.0. The monoisotopic (exact) mass is 272 g/mol. The van der Waals surface area contributed by atoms with Crippen molar-refractivity contribution in [2.75, 3.05) is 6.61 Å². The molecule has 2 atom stereocenters. The molecule has 1 aromatic rings. The second-order valence-electron chi connectivity index (χ2n) is 4.67. The van der Waals surface area contributed by atoms with E-state index >= 15 is 0 Å². The summed E-state index contributed by atoms with van der Waals surface area (Å²) in [5.74, 6) is -0.300. The van der Waals surface area contributed by atoms with Gasteiger partial charge in [-0.25, -0.2) is 4.79 Å². The molecule has 3 rings (SSSR count). The first-order valence-corrected chi connectivity index (χ1v) is 7.01. The third-order valence-electron chi connectivity index (χ3n) is 3.12. The number of rotatable bonds is 3. The van der Waals surface area contributed by atoms with Gasteiger partial charge in [-0.1, -0.05) is 42.5 Å². The van der Waals surface area contributed by atoms with Crippen LogP contribution in [0.25, 0.3) is 6.08 Å². The molecule has 0 radical (unpaired) electrons. The number of fused-ring (bicyclic) bond motifs is 2. The van der Waals surface area contributed by atoms with Gasteiger partial charge in [0.15, 0.2) is 0 Å². The summed E-state index contributed by atoms with van der Waals surface area (Å²) >= 11 is 0. The van der Waals surface area contributed by atoms with Gasteiger partial charge in [-0.05, 0) is 31.4 Å². The van der Waals surface area contributed by atoms with Gasteiger partial charge >= 0.3 is 5.97 Å². The second-order valence-corrected chi connectivity index (χ2v) is 4.67. The van der Waals surface area contributed by atoms with Crippen LogP contribution < -0.4 is 0 Å². The Kier molecular flexibility index (Phi) is 5.56. The van der Waals surface area contributed by atoms with Crippen LogP contribution in [0.4, 0.5) is 0 Å². The van der Waals surface area contributed by atoms with Crippen LogP contribution in [0, 0.1) is 0 Å². The third kappa shape index (κ3) is 4.67. The standard InChI is InChI=1S/C11H12O2.C6H8O/c1-2-13-11(12)9-8-10-6-4-3-5-7-10;1-2-6-4-3-5(1)7-6/h3-9H,2H2,1H3;1-2,5-6H,3-4H2. The highest BCUT2D eigenvalue weighted by atomic mass is 16.5. The molecule has 3 heteroatoms. The molecule has 0 saturated carbocycles. The van der Waals surface area contributed by atoms with E-state index in [1.807, 2.05) is 30.3 Å². The lowest BCUT2D eigenvalue weighted by Gasteiger charge is -1.94. The third-order valence-corrected chi connectivity index (χ3v) is 3.12. The number of benzene rings is 1. The maximum Gasteiger partial charge on any atom is 0.330 e. The molecule has 0 aliphatic carbocycles. The maximum atomic E-state index is 10.9. The molecule has 0 aromatic heterocycles. The minimum atomic E-state index is -0.300. The van der Waals surface area contributed by atoms with Gasteiger partial charge in [0.2, 0.25) is 0 Å². The summed E-state index contributed by atoms with van der Waals surface area (Å²) in [4.78, 5) is 10.9. The zero-order valence-corrected chi connectivity index (χ0v) is 11.7. The lowest BCUT2D eigenvalue weighted by atomic mass is 10.1. The molecule has 1 saturated heterocycles. The lowest BCUT2D eigenvalue weighted by Crippen LogP contribution is -1.98.